The van der Waals surface area contributed by atoms with Crippen molar-refractivity contribution in [3.8, 4) is 0 Å². The third-order valence-corrected chi connectivity index (χ3v) is 8.91. The molecule has 0 saturated heterocycles. The lowest BCUT2D eigenvalue weighted by atomic mass is 10.2. The molecular formula is C27H35N3O5S2. The largest absolute Gasteiger partial charge is 0.465 e. The van der Waals surface area contributed by atoms with E-state index in [1.54, 1.807) is 11.5 Å². The minimum absolute atomic E-state index is 0.0622. The van der Waals surface area contributed by atoms with Crippen LogP contribution in [0.2, 0.25) is 0 Å². The van der Waals surface area contributed by atoms with Gasteiger partial charge in [-0.1, -0.05) is 50.2 Å². The minimum Gasteiger partial charge on any atom is -0.465 e. The molecular weight excluding hydrogens is 510 g/mol. The maximum Gasteiger partial charge on any atom is 0.326 e. The van der Waals surface area contributed by atoms with Crippen molar-refractivity contribution in [2.75, 3.05) is 19.7 Å². The molecule has 8 nitrogen and oxygen atoms in total. The Balaban J connectivity index is 1.94. The first kappa shape index (κ1) is 28.7. The average molecular weight is 546 g/mol. The third kappa shape index (κ3) is 6.94. The van der Waals surface area contributed by atoms with E-state index in [9.17, 15) is 18.0 Å². The van der Waals surface area contributed by atoms with Crippen LogP contribution in [0, 0.1) is 6.92 Å². The summed E-state index contributed by atoms with van der Waals surface area (Å²) in [5.41, 5.74) is 2.05. The highest BCUT2D eigenvalue weighted by Gasteiger charge is 2.24. The quantitative estimate of drug-likeness (QED) is 0.301. The second-order valence-electron chi connectivity index (χ2n) is 8.75. The first-order chi connectivity index (χ1) is 17.7. The Morgan fingerprint density at radius 3 is 2.24 bits per heavy atom. The summed E-state index contributed by atoms with van der Waals surface area (Å²) in [6.07, 6.45) is 3.39. The summed E-state index contributed by atoms with van der Waals surface area (Å²) in [6, 6.07) is 11.7. The van der Waals surface area contributed by atoms with Crippen LogP contribution in [0.25, 0.3) is 10.2 Å². The highest BCUT2D eigenvalue weighted by atomic mass is 32.2. The maximum absolute atomic E-state index is 13.2. The number of hydrogen-bond donors (Lipinski definition) is 0. The number of carbonyl (C=O) groups excluding carboxylic acids is 2. The topological polar surface area (TPSA) is 98.0 Å². The summed E-state index contributed by atoms with van der Waals surface area (Å²) in [4.78, 5) is 30.2. The zero-order chi connectivity index (χ0) is 27.0. The minimum atomic E-state index is -3.66. The van der Waals surface area contributed by atoms with E-state index in [0.717, 1.165) is 41.5 Å². The van der Waals surface area contributed by atoms with Crippen LogP contribution >= 0.6 is 11.3 Å². The summed E-state index contributed by atoms with van der Waals surface area (Å²) in [5, 5.41) is 0. The Kier molecular flexibility index (Phi) is 10.2. The van der Waals surface area contributed by atoms with Gasteiger partial charge in [-0.2, -0.15) is 9.30 Å². The van der Waals surface area contributed by atoms with Crippen LogP contribution in [0.1, 0.15) is 62.4 Å². The Morgan fingerprint density at radius 2 is 1.65 bits per heavy atom. The lowest BCUT2D eigenvalue weighted by Crippen LogP contribution is -2.33. The number of rotatable bonds is 12. The Bertz CT molecular complexity index is 1400. The number of nitrogens with zero attached hydrogens (tertiary/aromatic N) is 3. The highest BCUT2D eigenvalue weighted by molar-refractivity contribution is 7.89. The van der Waals surface area contributed by atoms with Crippen LogP contribution in [0.3, 0.4) is 0 Å². The number of hydrogen-bond acceptors (Lipinski definition) is 6. The van der Waals surface area contributed by atoms with Gasteiger partial charge in [0.2, 0.25) is 10.0 Å². The summed E-state index contributed by atoms with van der Waals surface area (Å²) < 4.78 is 35.7. The molecule has 0 N–H and O–H groups in total. The van der Waals surface area contributed by atoms with E-state index in [-0.39, 0.29) is 23.6 Å². The van der Waals surface area contributed by atoms with E-state index >= 15 is 0 Å². The van der Waals surface area contributed by atoms with E-state index in [1.807, 2.05) is 39.0 Å². The maximum atomic E-state index is 13.2. The third-order valence-electron chi connectivity index (χ3n) is 5.95. The van der Waals surface area contributed by atoms with Gasteiger partial charge in [0.15, 0.2) is 4.80 Å². The van der Waals surface area contributed by atoms with E-state index < -0.39 is 21.9 Å². The Labute approximate surface area is 222 Å². The highest BCUT2D eigenvalue weighted by Crippen LogP contribution is 2.22. The van der Waals surface area contributed by atoms with Crippen LogP contribution in [0.5, 0.6) is 0 Å². The van der Waals surface area contributed by atoms with Crippen molar-refractivity contribution >= 4 is 43.5 Å². The molecule has 0 bridgehead atoms. The van der Waals surface area contributed by atoms with Gasteiger partial charge in [-0.25, -0.2) is 8.42 Å². The number of amides is 1. The van der Waals surface area contributed by atoms with Crippen LogP contribution in [0.4, 0.5) is 0 Å². The van der Waals surface area contributed by atoms with Gasteiger partial charge in [-0.05, 0) is 62.6 Å². The van der Waals surface area contributed by atoms with Gasteiger partial charge < -0.3 is 9.30 Å². The molecule has 0 atom stereocenters. The Hall–Kier alpha value is -2.82. The van der Waals surface area contributed by atoms with Crippen LogP contribution in [-0.2, 0) is 26.1 Å². The molecule has 0 unspecified atom stereocenters. The first-order valence-electron chi connectivity index (χ1n) is 12.7. The van der Waals surface area contributed by atoms with Gasteiger partial charge in [0.25, 0.3) is 5.91 Å². The second-order valence-corrected chi connectivity index (χ2v) is 11.7. The molecule has 2 aromatic carbocycles. The van der Waals surface area contributed by atoms with Gasteiger partial charge in [0.05, 0.1) is 21.7 Å². The monoisotopic (exact) mass is 545 g/mol. The number of ether oxygens (including phenoxy) is 1. The lowest BCUT2D eigenvalue weighted by molar-refractivity contribution is -0.143. The molecule has 1 amide bonds. The van der Waals surface area contributed by atoms with Crippen LogP contribution in [0.15, 0.2) is 52.4 Å². The fourth-order valence-corrected chi connectivity index (χ4v) is 6.59. The molecule has 1 heterocycles. The number of aromatic nitrogens is 1. The van der Waals surface area contributed by atoms with Gasteiger partial charge in [0.1, 0.15) is 6.54 Å². The zero-order valence-corrected chi connectivity index (χ0v) is 23.5. The molecule has 0 saturated carbocycles. The van der Waals surface area contributed by atoms with E-state index in [0.29, 0.717) is 17.9 Å². The molecule has 3 rings (SSSR count). The number of unbranched alkanes of at least 4 members (excludes halogenated alkanes) is 2. The van der Waals surface area contributed by atoms with Gasteiger partial charge in [-0.3, -0.25) is 9.59 Å². The van der Waals surface area contributed by atoms with Crippen molar-refractivity contribution in [3.63, 3.8) is 0 Å². The SMILES string of the molecule is CCCCN(CCCC)S(=O)(=O)c1ccc(C(=O)N=c2sc3cccc(C)c3n2CC(=O)OCC)cc1. The molecule has 0 aliphatic heterocycles. The van der Waals surface area contributed by atoms with Crippen molar-refractivity contribution in [2.24, 2.45) is 4.99 Å². The number of thiazole rings is 1. The van der Waals surface area contributed by atoms with Crippen molar-refractivity contribution < 1.29 is 22.7 Å². The Morgan fingerprint density at radius 1 is 1.00 bits per heavy atom. The van der Waals surface area contributed by atoms with Crippen LogP contribution in [-0.4, -0.2) is 48.9 Å². The molecule has 3 aromatic rings. The lowest BCUT2D eigenvalue weighted by Gasteiger charge is -2.22. The number of carbonyl (C=O) groups is 2. The van der Waals surface area contributed by atoms with E-state index in [2.05, 4.69) is 4.99 Å². The summed E-state index contributed by atoms with van der Waals surface area (Å²) in [7, 11) is -3.66. The molecule has 10 heteroatoms. The smallest absolute Gasteiger partial charge is 0.326 e. The summed E-state index contributed by atoms with van der Waals surface area (Å²) >= 11 is 1.31. The molecule has 0 radical (unpaired) electrons. The van der Waals surface area contributed by atoms with Crippen LogP contribution < -0.4 is 4.80 Å². The first-order valence-corrected chi connectivity index (χ1v) is 14.9. The molecule has 200 valence electrons. The number of para-hydroxylation sites is 1. The average Bonchev–Trinajstić information content (AvgIpc) is 3.21. The second kappa shape index (κ2) is 13.1. The van der Waals surface area contributed by atoms with Gasteiger partial charge >= 0.3 is 5.97 Å². The number of esters is 1. The number of fused-ring (bicyclic) bond motifs is 1. The van der Waals surface area contributed by atoms with Crippen molar-refractivity contribution in [1.82, 2.24) is 8.87 Å². The van der Waals surface area contributed by atoms with Crippen molar-refractivity contribution in [1.29, 1.82) is 0 Å². The summed E-state index contributed by atoms with van der Waals surface area (Å²) in [6.45, 7) is 8.88. The summed E-state index contributed by atoms with van der Waals surface area (Å²) in [5.74, 6) is -0.927. The zero-order valence-electron chi connectivity index (χ0n) is 21.9. The molecule has 0 aliphatic carbocycles. The van der Waals surface area contributed by atoms with Crippen molar-refractivity contribution in [2.45, 2.75) is 64.8 Å². The van der Waals surface area contributed by atoms with E-state index in [4.69, 9.17) is 4.74 Å². The van der Waals surface area contributed by atoms with Gasteiger partial charge in [-0.15, -0.1) is 0 Å². The number of benzene rings is 2. The molecule has 0 spiro atoms. The van der Waals surface area contributed by atoms with E-state index in [1.165, 1.54) is 39.9 Å². The fourth-order valence-electron chi connectivity index (χ4n) is 3.97. The number of sulfonamides is 1. The normalized spacial score (nSPS) is 12.4. The standard InChI is InChI=1S/C27H35N3O5S2/c1-5-8-17-29(18-9-6-2)37(33,34)22-15-13-21(14-16-22)26(32)28-27-30(19-24(31)35-7-3)25-20(4)11-10-12-23(25)36-27/h10-16H,5-9,17-19H2,1-4H3. The molecule has 0 fully saturated rings. The van der Waals surface area contributed by atoms with Gasteiger partial charge in [0, 0.05) is 18.7 Å². The molecule has 1 aromatic heterocycles. The predicted molar refractivity (Wildman–Crippen MR) is 146 cm³/mol. The van der Waals surface area contributed by atoms with Crippen molar-refractivity contribution in [3.05, 3.63) is 58.4 Å². The fraction of sp³-hybridized carbons (Fsp3) is 0.444. The predicted octanol–water partition coefficient (Wildman–Crippen LogP) is 4.91. The molecule has 37 heavy (non-hydrogen) atoms. The number of aryl methyl sites for hydroxylation is 1. The molecule has 0 aliphatic rings.